The lowest BCUT2D eigenvalue weighted by atomic mass is 9.92. The van der Waals surface area contributed by atoms with Crippen LogP contribution in [0.5, 0.6) is 0 Å². The van der Waals surface area contributed by atoms with E-state index in [1.54, 1.807) is 24.3 Å². The van der Waals surface area contributed by atoms with Gasteiger partial charge in [-0.05, 0) is 49.1 Å². The van der Waals surface area contributed by atoms with Crippen LogP contribution in [-0.2, 0) is 27.8 Å². The Labute approximate surface area is 190 Å². The molecule has 0 aromatic heterocycles. The lowest BCUT2D eigenvalue weighted by Crippen LogP contribution is -2.42. The molecule has 1 heterocycles. The highest BCUT2D eigenvalue weighted by atomic mass is 32.2. The summed E-state index contributed by atoms with van der Waals surface area (Å²) in [4.78, 5) is 13.2. The van der Waals surface area contributed by atoms with Crippen LogP contribution in [0.1, 0.15) is 40.3 Å². The first-order valence-electron chi connectivity index (χ1n) is 10.8. The van der Waals surface area contributed by atoms with Gasteiger partial charge in [0.1, 0.15) is 0 Å². The Hall–Kier alpha value is -2.96. The molecule has 1 amide bonds. The molecule has 166 valence electrons. The zero-order valence-corrected chi connectivity index (χ0v) is 19.2. The van der Waals surface area contributed by atoms with Crippen LogP contribution in [-0.4, -0.2) is 25.2 Å². The average Bonchev–Trinajstić information content (AvgIpc) is 2.78. The van der Waals surface area contributed by atoms with Crippen LogP contribution < -0.4 is 5.32 Å². The van der Waals surface area contributed by atoms with Crippen molar-refractivity contribution in [2.24, 2.45) is 0 Å². The minimum absolute atomic E-state index is 0.0773. The van der Waals surface area contributed by atoms with E-state index < -0.39 is 16.1 Å². The van der Waals surface area contributed by atoms with Crippen LogP contribution in [0.4, 0.5) is 0 Å². The van der Waals surface area contributed by atoms with Gasteiger partial charge in [-0.15, -0.1) is 0 Å². The summed E-state index contributed by atoms with van der Waals surface area (Å²) in [7, 11) is -3.74. The minimum Gasteiger partial charge on any atom is -0.352 e. The summed E-state index contributed by atoms with van der Waals surface area (Å²) in [6.45, 7) is 4.70. The summed E-state index contributed by atoms with van der Waals surface area (Å²) >= 11 is 0. The molecule has 1 aliphatic heterocycles. The zero-order chi connectivity index (χ0) is 22.7. The smallest absolute Gasteiger partial charge is 0.243 e. The fraction of sp³-hybridized carbons (Fsp3) is 0.269. The van der Waals surface area contributed by atoms with E-state index in [0.29, 0.717) is 19.5 Å². The molecule has 0 aliphatic carbocycles. The molecule has 0 fully saturated rings. The van der Waals surface area contributed by atoms with Crippen molar-refractivity contribution in [3.63, 3.8) is 0 Å². The van der Waals surface area contributed by atoms with Gasteiger partial charge in [-0.1, -0.05) is 71.8 Å². The van der Waals surface area contributed by atoms with E-state index in [4.69, 9.17) is 0 Å². The monoisotopic (exact) mass is 448 g/mol. The predicted molar refractivity (Wildman–Crippen MR) is 126 cm³/mol. The molecule has 3 aromatic rings. The summed E-state index contributed by atoms with van der Waals surface area (Å²) in [5.41, 5.74) is 5.15. The number of aryl methyl sites for hydroxylation is 2. The van der Waals surface area contributed by atoms with Gasteiger partial charge in [0.15, 0.2) is 0 Å². The van der Waals surface area contributed by atoms with E-state index in [2.05, 4.69) is 5.32 Å². The standard InChI is InChI=1S/C26H28N2O3S/c1-19-10-12-23(13-11-19)32(30,31)28-15-14-22-8-3-4-9-24(22)25(28)17-26(29)27-18-21-7-5-6-20(2)16-21/h3-13,16,25H,14-15,17-18H2,1-2H3,(H,27,29). The molecule has 0 saturated heterocycles. The maximum Gasteiger partial charge on any atom is 0.243 e. The molecule has 0 saturated carbocycles. The summed E-state index contributed by atoms with van der Waals surface area (Å²) in [6, 6.07) is 22.1. The van der Waals surface area contributed by atoms with Crippen molar-refractivity contribution in [1.82, 2.24) is 9.62 Å². The highest BCUT2D eigenvalue weighted by Gasteiger charge is 2.37. The van der Waals surface area contributed by atoms with Gasteiger partial charge in [0.25, 0.3) is 0 Å². The van der Waals surface area contributed by atoms with Crippen molar-refractivity contribution < 1.29 is 13.2 Å². The number of rotatable bonds is 6. The second-order valence-corrected chi connectivity index (χ2v) is 10.3. The molecule has 1 unspecified atom stereocenters. The Balaban J connectivity index is 1.59. The van der Waals surface area contributed by atoms with Crippen LogP contribution in [0.25, 0.3) is 0 Å². The van der Waals surface area contributed by atoms with Gasteiger partial charge in [0, 0.05) is 19.5 Å². The summed E-state index contributed by atoms with van der Waals surface area (Å²) < 4.78 is 28.5. The Kier molecular flexibility index (Phi) is 6.44. The number of nitrogens with one attached hydrogen (secondary N) is 1. The Morgan fingerprint density at radius 2 is 1.72 bits per heavy atom. The lowest BCUT2D eigenvalue weighted by molar-refractivity contribution is -0.122. The Bertz CT molecular complexity index is 1220. The van der Waals surface area contributed by atoms with E-state index in [-0.39, 0.29) is 17.2 Å². The molecular weight excluding hydrogens is 420 g/mol. The van der Waals surface area contributed by atoms with E-state index in [9.17, 15) is 13.2 Å². The van der Waals surface area contributed by atoms with E-state index in [1.807, 2.05) is 62.4 Å². The van der Waals surface area contributed by atoms with E-state index in [1.165, 1.54) is 4.31 Å². The van der Waals surface area contributed by atoms with Crippen molar-refractivity contribution in [2.75, 3.05) is 6.54 Å². The quantitative estimate of drug-likeness (QED) is 0.612. The first-order valence-corrected chi connectivity index (χ1v) is 12.3. The third-order valence-corrected chi connectivity index (χ3v) is 7.86. The Morgan fingerprint density at radius 3 is 2.47 bits per heavy atom. The van der Waals surface area contributed by atoms with E-state index >= 15 is 0 Å². The number of hydrogen-bond acceptors (Lipinski definition) is 3. The molecule has 1 N–H and O–H groups in total. The van der Waals surface area contributed by atoms with Gasteiger partial charge in [0.05, 0.1) is 10.9 Å². The minimum atomic E-state index is -3.74. The maximum absolute atomic E-state index is 13.5. The number of sulfonamides is 1. The number of carbonyl (C=O) groups excluding carboxylic acids is 1. The maximum atomic E-state index is 13.5. The summed E-state index contributed by atoms with van der Waals surface area (Å²) in [5, 5.41) is 2.96. The molecule has 6 heteroatoms. The van der Waals surface area contributed by atoms with Gasteiger partial charge >= 0.3 is 0 Å². The van der Waals surface area contributed by atoms with Crippen molar-refractivity contribution in [1.29, 1.82) is 0 Å². The molecule has 1 atom stereocenters. The van der Waals surface area contributed by atoms with Gasteiger partial charge in [-0.2, -0.15) is 4.31 Å². The van der Waals surface area contributed by atoms with Gasteiger partial charge < -0.3 is 5.32 Å². The molecule has 32 heavy (non-hydrogen) atoms. The number of hydrogen-bond donors (Lipinski definition) is 1. The molecule has 4 rings (SSSR count). The summed E-state index contributed by atoms with van der Waals surface area (Å²) in [6.07, 6.45) is 0.705. The van der Waals surface area contributed by atoms with Gasteiger partial charge in [-0.3, -0.25) is 4.79 Å². The molecular formula is C26H28N2O3S. The fourth-order valence-electron chi connectivity index (χ4n) is 4.24. The molecule has 0 radical (unpaired) electrons. The average molecular weight is 449 g/mol. The SMILES string of the molecule is Cc1ccc(S(=O)(=O)N2CCc3ccccc3C2CC(=O)NCc2cccc(C)c2)cc1. The van der Waals surface area contributed by atoms with Crippen LogP contribution in [0.3, 0.4) is 0 Å². The number of carbonyl (C=O) groups is 1. The van der Waals surface area contributed by atoms with Crippen molar-refractivity contribution in [2.45, 2.75) is 44.2 Å². The van der Waals surface area contributed by atoms with Crippen LogP contribution in [0.2, 0.25) is 0 Å². The van der Waals surface area contributed by atoms with Crippen LogP contribution in [0, 0.1) is 13.8 Å². The first-order chi connectivity index (χ1) is 15.3. The molecule has 3 aromatic carbocycles. The second-order valence-electron chi connectivity index (χ2n) is 8.36. The van der Waals surface area contributed by atoms with Gasteiger partial charge in [0.2, 0.25) is 15.9 Å². The first kappa shape index (κ1) is 22.2. The molecule has 0 bridgehead atoms. The topological polar surface area (TPSA) is 66.5 Å². The Morgan fingerprint density at radius 1 is 0.969 bits per heavy atom. The van der Waals surface area contributed by atoms with Gasteiger partial charge in [-0.25, -0.2) is 8.42 Å². The number of nitrogens with zero attached hydrogens (tertiary/aromatic N) is 1. The number of fused-ring (bicyclic) bond motifs is 1. The van der Waals surface area contributed by atoms with Crippen molar-refractivity contribution >= 4 is 15.9 Å². The third kappa shape index (κ3) is 4.76. The predicted octanol–water partition coefficient (Wildman–Crippen LogP) is 4.30. The van der Waals surface area contributed by atoms with Crippen molar-refractivity contribution in [3.05, 3.63) is 101 Å². The number of amides is 1. The third-order valence-electron chi connectivity index (χ3n) is 5.94. The summed E-state index contributed by atoms with van der Waals surface area (Å²) in [5.74, 6) is -0.169. The fourth-order valence-corrected chi connectivity index (χ4v) is 5.85. The highest BCUT2D eigenvalue weighted by Crippen LogP contribution is 2.36. The highest BCUT2D eigenvalue weighted by molar-refractivity contribution is 7.89. The number of benzene rings is 3. The molecule has 5 nitrogen and oxygen atoms in total. The normalized spacial score (nSPS) is 16.4. The molecule has 0 spiro atoms. The van der Waals surface area contributed by atoms with Crippen molar-refractivity contribution in [3.8, 4) is 0 Å². The zero-order valence-electron chi connectivity index (χ0n) is 18.4. The van der Waals surface area contributed by atoms with Crippen LogP contribution >= 0.6 is 0 Å². The van der Waals surface area contributed by atoms with Crippen LogP contribution in [0.15, 0.2) is 77.7 Å². The van der Waals surface area contributed by atoms with E-state index in [0.717, 1.165) is 27.8 Å². The largest absolute Gasteiger partial charge is 0.352 e. The lowest BCUT2D eigenvalue weighted by Gasteiger charge is -2.36. The molecule has 1 aliphatic rings. The second kappa shape index (κ2) is 9.27.